The molecule has 8 nitrogen and oxygen atoms in total. The number of nitrogens with zero attached hydrogens (tertiary/aromatic N) is 4. The van der Waals surface area contributed by atoms with E-state index in [-0.39, 0.29) is 24.0 Å². The summed E-state index contributed by atoms with van der Waals surface area (Å²) >= 11 is 0. The van der Waals surface area contributed by atoms with Crippen molar-refractivity contribution >= 4 is 16.9 Å². The summed E-state index contributed by atoms with van der Waals surface area (Å²) in [6.45, 7) is 6.85. The predicted octanol–water partition coefficient (Wildman–Crippen LogP) is 3.44. The van der Waals surface area contributed by atoms with Gasteiger partial charge in [0.1, 0.15) is 12.0 Å². The molecule has 2 aromatic rings. The van der Waals surface area contributed by atoms with Gasteiger partial charge in [0.2, 0.25) is 0 Å². The number of likely N-dealkylation sites (N-methyl/N-ethyl adjacent to an activating group) is 1. The summed E-state index contributed by atoms with van der Waals surface area (Å²) in [5.41, 5.74) is 9.06. The van der Waals surface area contributed by atoms with E-state index in [1.807, 2.05) is 4.90 Å². The highest BCUT2D eigenvalue weighted by molar-refractivity contribution is 5.95. The van der Waals surface area contributed by atoms with Crippen molar-refractivity contribution in [3.63, 3.8) is 0 Å². The number of rotatable bonds is 8. The van der Waals surface area contributed by atoms with Gasteiger partial charge in [0.25, 0.3) is 5.91 Å². The van der Waals surface area contributed by atoms with Crippen LogP contribution in [0.4, 0.5) is 4.39 Å². The second-order valence-corrected chi connectivity index (χ2v) is 10.4. The lowest BCUT2D eigenvalue weighted by atomic mass is 9.91. The molecular formula is C27H38FN5O3. The lowest BCUT2D eigenvalue weighted by Crippen LogP contribution is -2.62. The Morgan fingerprint density at radius 3 is 2.81 bits per heavy atom. The standard InChI is InChI=1S/C27H38FN5O3/c1-18-21(27(34)33-12-3-5-23(26(33)31(18)2)35-16-4-11-29)10-15-32-13-8-19(9-14-32)25-22-7-6-20(28)17-24(22)36-30-25/h6-7,17,19,23,26H,3-5,8-16,29H2,1-2H3. The lowest BCUT2D eigenvalue weighted by molar-refractivity contribution is -0.150. The minimum Gasteiger partial charge on any atom is -0.374 e. The summed E-state index contributed by atoms with van der Waals surface area (Å²) in [7, 11) is 2.09. The summed E-state index contributed by atoms with van der Waals surface area (Å²) in [4.78, 5) is 20.2. The molecule has 2 unspecified atom stereocenters. The van der Waals surface area contributed by atoms with Gasteiger partial charge in [-0.05, 0) is 77.2 Å². The van der Waals surface area contributed by atoms with Gasteiger partial charge in [0.15, 0.2) is 5.58 Å². The molecule has 9 heteroatoms. The molecule has 0 aliphatic carbocycles. The highest BCUT2D eigenvalue weighted by atomic mass is 19.1. The van der Waals surface area contributed by atoms with E-state index in [0.29, 0.717) is 24.7 Å². The maximum atomic E-state index is 13.5. The molecule has 1 aromatic carbocycles. The number of carbonyl (C=O) groups is 1. The molecule has 2 saturated heterocycles. The molecule has 2 fully saturated rings. The fraction of sp³-hybridized carbons (Fsp3) is 0.630. The first-order valence-electron chi connectivity index (χ1n) is 13.3. The third kappa shape index (κ3) is 4.88. The minimum atomic E-state index is -0.307. The molecule has 1 aromatic heterocycles. The molecule has 4 heterocycles. The second kappa shape index (κ2) is 10.9. The molecule has 2 N–H and O–H groups in total. The first-order valence-corrected chi connectivity index (χ1v) is 13.3. The Labute approximate surface area is 212 Å². The van der Waals surface area contributed by atoms with Gasteiger partial charge in [-0.1, -0.05) is 5.16 Å². The van der Waals surface area contributed by atoms with Crippen LogP contribution in [-0.2, 0) is 9.53 Å². The minimum absolute atomic E-state index is 0.0267. The average Bonchev–Trinajstić information content (AvgIpc) is 3.30. The van der Waals surface area contributed by atoms with Crippen LogP contribution in [-0.4, -0.2) is 84.4 Å². The van der Waals surface area contributed by atoms with Crippen LogP contribution in [0, 0.1) is 5.82 Å². The molecule has 0 saturated carbocycles. The zero-order valence-electron chi connectivity index (χ0n) is 21.4. The normalized spacial score (nSPS) is 24.2. The van der Waals surface area contributed by atoms with Crippen molar-refractivity contribution in [1.29, 1.82) is 0 Å². The molecule has 0 spiro atoms. The van der Waals surface area contributed by atoms with E-state index in [4.69, 9.17) is 15.0 Å². The average molecular weight is 500 g/mol. The van der Waals surface area contributed by atoms with E-state index in [1.54, 1.807) is 6.07 Å². The first kappa shape index (κ1) is 25.2. The Morgan fingerprint density at radius 2 is 2.03 bits per heavy atom. The fourth-order valence-corrected chi connectivity index (χ4v) is 6.06. The molecule has 5 rings (SSSR count). The number of benzene rings is 1. The van der Waals surface area contributed by atoms with Gasteiger partial charge in [0.05, 0.1) is 11.8 Å². The van der Waals surface area contributed by atoms with Crippen molar-refractivity contribution in [3.8, 4) is 0 Å². The number of carbonyl (C=O) groups excluding carboxylic acids is 1. The van der Waals surface area contributed by atoms with Crippen molar-refractivity contribution in [3.05, 3.63) is 41.0 Å². The number of allylic oxidation sites excluding steroid dienone is 1. The molecule has 3 aliphatic heterocycles. The van der Waals surface area contributed by atoms with Gasteiger partial charge in [-0.15, -0.1) is 0 Å². The van der Waals surface area contributed by atoms with E-state index in [9.17, 15) is 9.18 Å². The number of piperidine rings is 2. The van der Waals surface area contributed by atoms with Crippen molar-refractivity contribution in [1.82, 2.24) is 19.9 Å². The summed E-state index contributed by atoms with van der Waals surface area (Å²) in [6.07, 6.45) is 5.45. The van der Waals surface area contributed by atoms with Gasteiger partial charge in [0, 0.05) is 55.4 Å². The van der Waals surface area contributed by atoms with Gasteiger partial charge >= 0.3 is 0 Å². The summed E-state index contributed by atoms with van der Waals surface area (Å²) in [6, 6.07) is 4.63. The smallest absolute Gasteiger partial charge is 0.253 e. The van der Waals surface area contributed by atoms with Crippen molar-refractivity contribution in [2.24, 2.45) is 5.73 Å². The lowest BCUT2D eigenvalue weighted by Gasteiger charge is -2.50. The van der Waals surface area contributed by atoms with Gasteiger partial charge in [-0.25, -0.2) is 4.39 Å². The van der Waals surface area contributed by atoms with Gasteiger partial charge in [-0.3, -0.25) is 4.79 Å². The molecular weight excluding hydrogens is 461 g/mol. The van der Waals surface area contributed by atoms with Crippen LogP contribution in [0.1, 0.15) is 57.1 Å². The van der Waals surface area contributed by atoms with Crippen molar-refractivity contribution in [2.45, 2.75) is 63.6 Å². The van der Waals surface area contributed by atoms with Crippen molar-refractivity contribution < 1.29 is 18.4 Å². The van der Waals surface area contributed by atoms with E-state index in [0.717, 1.165) is 87.1 Å². The molecule has 0 bridgehead atoms. The number of amides is 1. The third-order valence-corrected chi connectivity index (χ3v) is 8.22. The largest absolute Gasteiger partial charge is 0.374 e. The van der Waals surface area contributed by atoms with Crippen LogP contribution in [0.25, 0.3) is 11.0 Å². The van der Waals surface area contributed by atoms with Crippen LogP contribution in [0.5, 0.6) is 0 Å². The maximum absolute atomic E-state index is 13.5. The molecule has 3 aliphatic rings. The topological polar surface area (TPSA) is 88.1 Å². The number of ether oxygens (including phenoxy) is 1. The molecule has 1 amide bonds. The number of likely N-dealkylation sites (tertiary alicyclic amines) is 1. The van der Waals surface area contributed by atoms with Crippen LogP contribution in [0.15, 0.2) is 34.0 Å². The van der Waals surface area contributed by atoms with E-state index < -0.39 is 0 Å². The van der Waals surface area contributed by atoms with E-state index in [1.165, 1.54) is 12.1 Å². The Kier molecular flexibility index (Phi) is 7.60. The SMILES string of the molecule is CC1=C(CCN2CCC(c3noc4cc(F)ccc34)CC2)C(=O)N2CCCC(OCCCN)C2N1C. The van der Waals surface area contributed by atoms with Crippen LogP contribution >= 0.6 is 0 Å². The Balaban J connectivity index is 1.19. The Morgan fingerprint density at radius 1 is 1.22 bits per heavy atom. The van der Waals surface area contributed by atoms with Crippen LogP contribution < -0.4 is 5.73 Å². The zero-order valence-corrected chi connectivity index (χ0v) is 21.4. The van der Waals surface area contributed by atoms with E-state index >= 15 is 0 Å². The second-order valence-electron chi connectivity index (χ2n) is 10.4. The number of hydrogen-bond donors (Lipinski definition) is 1. The van der Waals surface area contributed by atoms with Gasteiger partial charge < -0.3 is 29.7 Å². The Hall–Kier alpha value is -2.49. The first-order chi connectivity index (χ1) is 17.5. The quantitative estimate of drug-likeness (QED) is 0.557. The molecule has 196 valence electrons. The van der Waals surface area contributed by atoms with Crippen LogP contribution in [0.2, 0.25) is 0 Å². The molecule has 0 radical (unpaired) electrons. The Bertz CT molecular complexity index is 1110. The van der Waals surface area contributed by atoms with E-state index in [2.05, 4.69) is 28.9 Å². The number of halogens is 1. The highest BCUT2D eigenvalue weighted by Gasteiger charge is 2.43. The number of fused-ring (bicyclic) bond motifs is 2. The molecule has 2 atom stereocenters. The number of hydrogen-bond acceptors (Lipinski definition) is 7. The van der Waals surface area contributed by atoms with Crippen LogP contribution in [0.3, 0.4) is 0 Å². The summed E-state index contributed by atoms with van der Waals surface area (Å²) in [5, 5.41) is 5.17. The highest BCUT2D eigenvalue weighted by Crippen LogP contribution is 2.35. The fourth-order valence-electron chi connectivity index (χ4n) is 6.06. The summed E-state index contributed by atoms with van der Waals surface area (Å²) in [5.74, 6) is 0.165. The number of aromatic nitrogens is 1. The summed E-state index contributed by atoms with van der Waals surface area (Å²) < 4.78 is 25.0. The maximum Gasteiger partial charge on any atom is 0.253 e. The number of nitrogens with two attached hydrogens (primary N) is 1. The predicted molar refractivity (Wildman–Crippen MR) is 136 cm³/mol. The molecule has 36 heavy (non-hydrogen) atoms. The third-order valence-electron chi connectivity index (χ3n) is 8.22. The monoisotopic (exact) mass is 499 g/mol. The van der Waals surface area contributed by atoms with Crippen molar-refractivity contribution in [2.75, 3.05) is 46.4 Å². The zero-order chi connectivity index (χ0) is 25.2. The van der Waals surface area contributed by atoms with Gasteiger partial charge in [-0.2, -0.15) is 0 Å².